The Balaban J connectivity index is 2.54. The lowest BCUT2D eigenvalue weighted by Gasteiger charge is -2.29. The third kappa shape index (κ3) is 3.22. The van der Waals surface area contributed by atoms with Crippen molar-refractivity contribution >= 4 is 21.8 Å². The largest absolute Gasteiger partial charge is 0.324 e. The maximum Gasteiger partial charge on any atom is 0.277 e. The number of anilines is 1. The first kappa shape index (κ1) is 15.9. The van der Waals surface area contributed by atoms with Crippen molar-refractivity contribution < 1.29 is 17.6 Å². The second-order valence-electron chi connectivity index (χ2n) is 5.21. The van der Waals surface area contributed by atoms with E-state index in [1.54, 1.807) is 6.92 Å². The molecule has 6 nitrogen and oxygen atoms in total. The van der Waals surface area contributed by atoms with E-state index in [2.05, 4.69) is 5.32 Å². The van der Waals surface area contributed by atoms with E-state index in [0.717, 1.165) is 4.31 Å². The fourth-order valence-corrected chi connectivity index (χ4v) is 3.37. The van der Waals surface area contributed by atoms with Crippen LogP contribution in [0.2, 0.25) is 0 Å². The minimum absolute atomic E-state index is 0.139. The van der Waals surface area contributed by atoms with Gasteiger partial charge in [-0.2, -0.15) is 12.7 Å². The number of carbonyl (C=O) groups excluding carboxylic acids is 1. The van der Waals surface area contributed by atoms with Crippen molar-refractivity contribution in [2.24, 2.45) is 11.1 Å². The highest BCUT2D eigenvalue weighted by molar-refractivity contribution is 7.86. The minimum Gasteiger partial charge on any atom is -0.324 e. The Kier molecular flexibility index (Phi) is 4.31. The summed E-state index contributed by atoms with van der Waals surface area (Å²) in [5, 5.41) is 7.89. The van der Waals surface area contributed by atoms with Gasteiger partial charge in [0.1, 0.15) is 11.9 Å². The number of nitrogens with two attached hydrogens (primary N) is 1. The van der Waals surface area contributed by atoms with Crippen LogP contribution in [0.1, 0.15) is 25.8 Å². The molecule has 0 aromatic heterocycles. The zero-order valence-corrected chi connectivity index (χ0v) is 12.7. The molecule has 1 heterocycles. The quantitative estimate of drug-likeness (QED) is 0.877. The van der Waals surface area contributed by atoms with E-state index in [1.807, 2.05) is 6.92 Å². The standard InChI is InChI=1S/C13H18FN3O3S/c1-3-8(2)12-13(18)16-11-5-4-10(14)6-9(11)7-17(12)21(15,19)20/h4-6,8,12H,3,7H2,1-2H3,(H,16,18)(H2,15,19,20). The van der Waals surface area contributed by atoms with Gasteiger partial charge in [0.05, 0.1) is 0 Å². The van der Waals surface area contributed by atoms with Gasteiger partial charge in [0.25, 0.3) is 10.2 Å². The molecular formula is C13H18FN3O3S. The Morgan fingerprint density at radius 2 is 2.19 bits per heavy atom. The topological polar surface area (TPSA) is 92.5 Å². The molecule has 2 atom stereocenters. The van der Waals surface area contributed by atoms with Gasteiger partial charge in [0.15, 0.2) is 0 Å². The van der Waals surface area contributed by atoms with Crippen LogP contribution >= 0.6 is 0 Å². The summed E-state index contributed by atoms with van der Waals surface area (Å²) < 4.78 is 38.0. The summed E-state index contributed by atoms with van der Waals surface area (Å²) >= 11 is 0. The van der Waals surface area contributed by atoms with E-state index in [-0.39, 0.29) is 12.5 Å². The van der Waals surface area contributed by atoms with Crippen LogP contribution in [0.3, 0.4) is 0 Å². The average Bonchev–Trinajstić information content (AvgIpc) is 2.53. The van der Waals surface area contributed by atoms with Crippen molar-refractivity contribution in [3.8, 4) is 0 Å². The van der Waals surface area contributed by atoms with Crippen molar-refractivity contribution in [3.63, 3.8) is 0 Å². The molecule has 1 aliphatic rings. The molecule has 2 rings (SSSR count). The number of benzene rings is 1. The third-order valence-electron chi connectivity index (χ3n) is 3.74. The van der Waals surface area contributed by atoms with Crippen LogP contribution in [0.5, 0.6) is 0 Å². The van der Waals surface area contributed by atoms with Gasteiger partial charge < -0.3 is 5.32 Å². The second-order valence-corrected chi connectivity index (χ2v) is 6.71. The van der Waals surface area contributed by atoms with Crippen LogP contribution in [-0.2, 0) is 21.5 Å². The van der Waals surface area contributed by atoms with Crippen LogP contribution in [-0.4, -0.2) is 24.7 Å². The summed E-state index contributed by atoms with van der Waals surface area (Å²) in [6, 6.07) is 2.92. The molecule has 0 saturated heterocycles. The first-order valence-corrected chi connectivity index (χ1v) is 8.13. The van der Waals surface area contributed by atoms with Gasteiger partial charge in [-0.1, -0.05) is 20.3 Å². The Morgan fingerprint density at radius 3 is 2.76 bits per heavy atom. The number of nitrogens with zero attached hydrogens (tertiary/aromatic N) is 1. The lowest BCUT2D eigenvalue weighted by Crippen LogP contribution is -2.51. The molecule has 2 unspecified atom stereocenters. The molecule has 0 saturated carbocycles. The molecule has 116 valence electrons. The van der Waals surface area contributed by atoms with E-state index in [1.165, 1.54) is 18.2 Å². The highest BCUT2D eigenvalue weighted by atomic mass is 32.2. The van der Waals surface area contributed by atoms with Gasteiger partial charge in [-0.3, -0.25) is 4.79 Å². The summed E-state index contributed by atoms with van der Waals surface area (Å²) in [6.45, 7) is 3.50. The van der Waals surface area contributed by atoms with Crippen molar-refractivity contribution in [2.75, 3.05) is 5.32 Å². The second kappa shape index (κ2) is 5.70. The molecule has 0 radical (unpaired) electrons. The molecule has 0 spiro atoms. The van der Waals surface area contributed by atoms with Crippen molar-refractivity contribution in [3.05, 3.63) is 29.6 Å². The molecule has 21 heavy (non-hydrogen) atoms. The van der Waals surface area contributed by atoms with Crippen molar-refractivity contribution in [1.82, 2.24) is 4.31 Å². The fourth-order valence-electron chi connectivity index (χ4n) is 2.43. The van der Waals surface area contributed by atoms with Gasteiger partial charge in [-0.25, -0.2) is 9.53 Å². The molecule has 0 aliphatic carbocycles. The zero-order chi connectivity index (χ0) is 15.8. The molecule has 3 N–H and O–H groups in total. The molecular weight excluding hydrogens is 297 g/mol. The lowest BCUT2D eigenvalue weighted by molar-refractivity contribution is -0.121. The predicted octanol–water partition coefficient (Wildman–Crippen LogP) is 1.20. The average molecular weight is 315 g/mol. The SMILES string of the molecule is CCC(C)C1C(=O)Nc2ccc(F)cc2CN1S(N)(=O)=O. The predicted molar refractivity (Wildman–Crippen MR) is 76.9 cm³/mol. The summed E-state index contributed by atoms with van der Waals surface area (Å²) in [5.41, 5.74) is 0.782. The van der Waals surface area contributed by atoms with E-state index >= 15 is 0 Å². The molecule has 1 aliphatic heterocycles. The van der Waals surface area contributed by atoms with Crippen LogP contribution < -0.4 is 10.5 Å². The van der Waals surface area contributed by atoms with Gasteiger partial charge in [0.2, 0.25) is 5.91 Å². The number of amides is 1. The Bertz CT molecular complexity index is 663. The number of halogens is 1. The minimum atomic E-state index is -4.09. The van der Waals surface area contributed by atoms with Gasteiger partial charge >= 0.3 is 0 Å². The molecule has 1 aromatic rings. The maximum absolute atomic E-state index is 13.4. The number of rotatable bonds is 3. The number of hydrogen-bond acceptors (Lipinski definition) is 3. The third-order valence-corrected chi connectivity index (χ3v) is 4.75. The smallest absolute Gasteiger partial charge is 0.277 e. The molecule has 0 bridgehead atoms. The van der Waals surface area contributed by atoms with E-state index in [4.69, 9.17) is 5.14 Å². The van der Waals surface area contributed by atoms with E-state index in [9.17, 15) is 17.6 Å². The summed E-state index contributed by atoms with van der Waals surface area (Å²) in [7, 11) is -4.09. The first-order valence-electron chi connectivity index (χ1n) is 6.63. The zero-order valence-electron chi connectivity index (χ0n) is 11.8. The summed E-state index contributed by atoms with van der Waals surface area (Å²) in [6.07, 6.45) is 0.606. The van der Waals surface area contributed by atoms with Gasteiger partial charge in [-0.15, -0.1) is 0 Å². The monoisotopic (exact) mass is 315 g/mol. The lowest BCUT2D eigenvalue weighted by atomic mass is 9.98. The highest BCUT2D eigenvalue weighted by Gasteiger charge is 2.39. The maximum atomic E-state index is 13.4. The summed E-state index contributed by atoms with van der Waals surface area (Å²) in [5.74, 6) is -1.18. The Hall–Kier alpha value is -1.51. The fraction of sp³-hybridized carbons (Fsp3) is 0.462. The molecule has 8 heteroatoms. The number of nitrogens with one attached hydrogen (secondary N) is 1. The van der Waals surface area contributed by atoms with Crippen LogP contribution in [0.4, 0.5) is 10.1 Å². The number of carbonyl (C=O) groups is 1. The van der Waals surface area contributed by atoms with Gasteiger partial charge in [-0.05, 0) is 29.7 Å². The summed E-state index contributed by atoms with van der Waals surface area (Å²) in [4.78, 5) is 12.4. The normalized spacial score (nSPS) is 21.3. The Labute approximate surface area is 123 Å². The van der Waals surface area contributed by atoms with Gasteiger partial charge in [0, 0.05) is 12.2 Å². The van der Waals surface area contributed by atoms with Crippen molar-refractivity contribution in [2.45, 2.75) is 32.9 Å². The molecule has 0 fully saturated rings. The van der Waals surface area contributed by atoms with Crippen LogP contribution in [0.25, 0.3) is 0 Å². The van der Waals surface area contributed by atoms with E-state index in [0.29, 0.717) is 17.7 Å². The molecule has 1 aromatic carbocycles. The van der Waals surface area contributed by atoms with Crippen LogP contribution in [0.15, 0.2) is 18.2 Å². The first-order chi connectivity index (χ1) is 9.74. The molecule has 1 amide bonds. The number of hydrogen-bond donors (Lipinski definition) is 2. The number of fused-ring (bicyclic) bond motifs is 1. The van der Waals surface area contributed by atoms with Crippen LogP contribution in [0, 0.1) is 11.7 Å². The van der Waals surface area contributed by atoms with E-state index < -0.39 is 28.0 Å². The Morgan fingerprint density at radius 1 is 1.52 bits per heavy atom. The van der Waals surface area contributed by atoms with Crippen molar-refractivity contribution in [1.29, 1.82) is 0 Å². The highest BCUT2D eigenvalue weighted by Crippen LogP contribution is 2.28.